The van der Waals surface area contributed by atoms with Crippen molar-refractivity contribution in [2.24, 2.45) is 4.99 Å². The Kier molecular flexibility index (Phi) is 4.85. The molecule has 2 aliphatic heterocycles. The van der Waals surface area contributed by atoms with E-state index in [0.29, 0.717) is 11.1 Å². The highest BCUT2D eigenvalue weighted by Gasteiger charge is 2.45. The van der Waals surface area contributed by atoms with Gasteiger partial charge in [-0.3, -0.25) is 9.98 Å². The molecular formula is C18H17ClIN3OS. The van der Waals surface area contributed by atoms with Crippen molar-refractivity contribution < 1.29 is 5.11 Å². The second kappa shape index (κ2) is 6.96. The van der Waals surface area contributed by atoms with Gasteiger partial charge in [-0.05, 0) is 58.8 Å². The van der Waals surface area contributed by atoms with Crippen molar-refractivity contribution >= 4 is 51.1 Å². The van der Waals surface area contributed by atoms with Crippen LogP contribution in [0.3, 0.4) is 0 Å². The van der Waals surface area contributed by atoms with E-state index in [1.807, 2.05) is 48.3 Å². The van der Waals surface area contributed by atoms with Crippen molar-refractivity contribution in [2.45, 2.75) is 31.5 Å². The minimum absolute atomic E-state index is 0.0523. The molecule has 1 N–H and O–H groups in total. The van der Waals surface area contributed by atoms with Crippen molar-refractivity contribution in [3.63, 3.8) is 0 Å². The number of hydrogen-bond acceptors (Lipinski definition) is 5. The third-order valence-electron chi connectivity index (χ3n) is 4.71. The lowest BCUT2D eigenvalue weighted by Gasteiger charge is -2.32. The number of fused-ring (bicyclic) bond motifs is 1. The van der Waals surface area contributed by atoms with Crippen molar-refractivity contribution in [1.82, 2.24) is 9.88 Å². The summed E-state index contributed by atoms with van der Waals surface area (Å²) in [6.45, 7) is 2.22. The predicted molar refractivity (Wildman–Crippen MR) is 111 cm³/mol. The number of aromatic hydroxyl groups is 1. The number of halogens is 2. The van der Waals surface area contributed by atoms with Gasteiger partial charge in [0.1, 0.15) is 11.8 Å². The summed E-state index contributed by atoms with van der Waals surface area (Å²) in [6.07, 6.45) is 2.88. The third-order valence-corrected chi connectivity index (χ3v) is 6.95. The molecule has 1 aromatic heterocycles. The molecule has 1 fully saturated rings. The fourth-order valence-electron chi connectivity index (χ4n) is 3.47. The summed E-state index contributed by atoms with van der Waals surface area (Å²) in [7, 11) is 0. The van der Waals surface area contributed by atoms with Gasteiger partial charge in [-0.1, -0.05) is 36.4 Å². The monoisotopic (exact) mass is 485 g/mol. The van der Waals surface area contributed by atoms with Gasteiger partial charge in [0.15, 0.2) is 5.17 Å². The number of amidine groups is 1. The van der Waals surface area contributed by atoms with Crippen LogP contribution in [0.5, 0.6) is 5.75 Å². The number of thioether (sulfide) groups is 1. The minimum atomic E-state index is -0.0607. The van der Waals surface area contributed by atoms with Gasteiger partial charge in [0, 0.05) is 18.0 Å². The maximum atomic E-state index is 10.0. The summed E-state index contributed by atoms with van der Waals surface area (Å²) in [4.78, 5) is 12.0. The van der Waals surface area contributed by atoms with Gasteiger partial charge >= 0.3 is 0 Å². The number of aromatic nitrogens is 1. The maximum Gasteiger partial charge on any atom is 0.160 e. The third kappa shape index (κ3) is 3.02. The number of phenols is 1. The quantitative estimate of drug-likeness (QED) is 0.620. The second-order valence-corrected chi connectivity index (χ2v) is 8.73. The van der Waals surface area contributed by atoms with Crippen LogP contribution in [0.1, 0.15) is 36.7 Å². The summed E-state index contributed by atoms with van der Waals surface area (Å²) in [5.74, 6) is 1.20. The number of nitrogens with zero attached hydrogens (tertiary/aromatic N) is 3. The molecule has 1 aromatic carbocycles. The normalized spacial score (nSPS) is 25.2. The van der Waals surface area contributed by atoms with E-state index in [2.05, 4.69) is 39.4 Å². The van der Waals surface area contributed by atoms with Crippen LogP contribution in [0.25, 0.3) is 0 Å². The Morgan fingerprint density at radius 2 is 2.24 bits per heavy atom. The standard InChI is InChI=1S/C18H17ClIN3OS/c1-2-11-9-25-18-22-15(14-5-3-4-6-21-14)16(23(11)18)10-7-12(19)17(24)13(20)8-10/h3-8,11,15-16,24H,2,9H2,1H3/t11-,15-,16+/m0/s1. The first-order valence-corrected chi connectivity index (χ1v) is 10.6. The van der Waals surface area contributed by atoms with Gasteiger partial charge in [0.2, 0.25) is 0 Å². The Morgan fingerprint density at radius 3 is 2.92 bits per heavy atom. The Bertz CT molecular complexity index is 809. The summed E-state index contributed by atoms with van der Waals surface area (Å²) >= 11 is 10.2. The first-order chi connectivity index (χ1) is 12.1. The van der Waals surface area contributed by atoms with E-state index in [1.54, 1.807) is 0 Å². The van der Waals surface area contributed by atoms with Crippen molar-refractivity contribution in [2.75, 3.05) is 5.75 Å². The lowest BCUT2D eigenvalue weighted by Crippen LogP contribution is -2.35. The van der Waals surface area contributed by atoms with Crippen LogP contribution >= 0.6 is 46.0 Å². The lowest BCUT2D eigenvalue weighted by molar-refractivity contribution is 0.255. The Balaban J connectivity index is 1.83. The molecule has 0 saturated carbocycles. The molecule has 2 aliphatic rings. The predicted octanol–water partition coefficient (Wildman–Crippen LogP) is 5.02. The van der Waals surface area contributed by atoms with Gasteiger partial charge in [0.25, 0.3) is 0 Å². The molecule has 0 spiro atoms. The first-order valence-electron chi connectivity index (χ1n) is 8.18. The maximum absolute atomic E-state index is 10.0. The van der Waals surface area contributed by atoms with E-state index < -0.39 is 0 Å². The number of aliphatic imine (C=N–C) groups is 1. The molecule has 2 aromatic rings. The summed E-state index contributed by atoms with van der Waals surface area (Å²) in [5.41, 5.74) is 2.03. The fourth-order valence-corrected chi connectivity index (χ4v) is 5.84. The van der Waals surface area contributed by atoms with Gasteiger partial charge in [-0.2, -0.15) is 0 Å². The van der Waals surface area contributed by atoms with E-state index in [9.17, 15) is 5.11 Å². The van der Waals surface area contributed by atoms with Gasteiger partial charge < -0.3 is 10.0 Å². The molecule has 0 bridgehead atoms. The molecular weight excluding hydrogens is 469 g/mol. The Morgan fingerprint density at radius 1 is 1.40 bits per heavy atom. The van der Waals surface area contributed by atoms with Gasteiger partial charge in [-0.25, -0.2) is 0 Å². The van der Waals surface area contributed by atoms with Crippen LogP contribution in [0.15, 0.2) is 41.5 Å². The molecule has 0 amide bonds. The number of hydrogen-bond donors (Lipinski definition) is 1. The van der Waals surface area contributed by atoms with Crippen LogP contribution in [0, 0.1) is 3.57 Å². The molecule has 3 atom stereocenters. The lowest BCUT2D eigenvalue weighted by atomic mass is 9.95. The van der Waals surface area contributed by atoms with E-state index in [-0.39, 0.29) is 17.8 Å². The van der Waals surface area contributed by atoms with Crippen LogP contribution in [0.2, 0.25) is 5.02 Å². The average Bonchev–Trinajstić information content (AvgIpc) is 3.18. The second-order valence-electron chi connectivity index (χ2n) is 6.17. The highest BCUT2D eigenvalue weighted by molar-refractivity contribution is 14.1. The van der Waals surface area contributed by atoms with Crippen molar-refractivity contribution in [1.29, 1.82) is 0 Å². The smallest absolute Gasteiger partial charge is 0.160 e. The van der Waals surface area contributed by atoms with E-state index in [0.717, 1.165) is 32.2 Å². The summed E-state index contributed by atoms with van der Waals surface area (Å²) in [5, 5.41) is 11.5. The SMILES string of the molecule is CC[C@H]1CSC2=N[C@@H](c3ccccn3)[C@@H](c3cc(Cl)c(O)c(I)c3)N21. The zero-order valence-electron chi connectivity index (χ0n) is 13.6. The molecule has 0 unspecified atom stereocenters. The molecule has 1 saturated heterocycles. The molecule has 0 aliphatic carbocycles. The number of benzene rings is 1. The van der Waals surface area contributed by atoms with Crippen LogP contribution in [-0.2, 0) is 0 Å². The Hall–Kier alpha value is -0.990. The van der Waals surface area contributed by atoms with E-state index in [1.165, 1.54) is 0 Å². The Labute approximate surface area is 169 Å². The number of pyridine rings is 1. The molecule has 4 rings (SSSR count). The van der Waals surface area contributed by atoms with Gasteiger partial charge in [0.05, 0.1) is 20.3 Å². The first kappa shape index (κ1) is 17.4. The zero-order valence-corrected chi connectivity index (χ0v) is 17.3. The molecule has 4 nitrogen and oxygen atoms in total. The highest BCUT2D eigenvalue weighted by atomic mass is 127. The number of phenolic OH excluding ortho intramolecular Hbond substituents is 1. The van der Waals surface area contributed by atoms with E-state index in [4.69, 9.17) is 16.6 Å². The van der Waals surface area contributed by atoms with E-state index >= 15 is 0 Å². The summed E-state index contributed by atoms with van der Waals surface area (Å²) < 4.78 is 0.758. The molecule has 7 heteroatoms. The van der Waals surface area contributed by atoms with Crippen LogP contribution in [-0.4, -0.2) is 32.0 Å². The molecule has 130 valence electrons. The van der Waals surface area contributed by atoms with Gasteiger partial charge in [-0.15, -0.1) is 0 Å². The van der Waals surface area contributed by atoms with Crippen molar-refractivity contribution in [3.8, 4) is 5.75 Å². The summed E-state index contributed by atoms with van der Waals surface area (Å²) in [6, 6.07) is 10.3. The minimum Gasteiger partial charge on any atom is -0.505 e. The average molecular weight is 486 g/mol. The number of rotatable bonds is 3. The zero-order chi connectivity index (χ0) is 17.6. The molecule has 25 heavy (non-hydrogen) atoms. The topological polar surface area (TPSA) is 48.7 Å². The molecule has 3 heterocycles. The van der Waals surface area contributed by atoms with Crippen LogP contribution < -0.4 is 0 Å². The molecule has 0 radical (unpaired) electrons. The highest BCUT2D eigenvalue weighted by Crippen LogP contribution is 2.49. The fraction of sp³-hybridized carbons (Fsp3) is 0.333. The largest absolute Gasteiger partial charge is 0.505 e. The van der Waals surface area contributed by atoms with Crippen LogP contribution in [0.4, 0.5) is 0 Å². The van der Waals surface area contributed by atoms with Crippen molar-refractivity contribution in [3.05, 3.63) is 56.4 Å².